The van der Waals surface area contributed by atoms with Gasteiger partial charge in [0.1, 0.15) is 5.82 Å². The predicted octanol–water partition coefficient (Wildman–Crippen LogP) is 4.45. The summed E-state index contributed by atoms with van der Waals surface area (Å²) in [5.74, 6) is 1.48. The minimum absolute atomic E-state index is 0.0853. The van der Waals surface area contributed by atoms with Crippen molar-refractivity contribution in [2.24, 2.45) is 0 Å². The summed E-state index contributed by atoms with van der Waals surface area (Å²) in [4.78, 5) is 19.4. The first-order valence-electron chi connectivity index (χ1n) is 8.55. The Labute approximate surface area is 148 Å². The topological polar surface area (TPSA) is 38.1 Å². The number of piperidine rings is 1. The Balaban J connectivity index is 1.79. The number of halogens is 1. The van der Waals surface area contributed by atoms with Crippen LogP contribution in [0, 0.1) is 6.92 Å². The summed E-state index contributed by atoms with van der Waals surface area (Å²) < 4.78 is 2.21. The van der Waals surface area contributed by atoms with Gasteiger partial charge in [0.05, 0.1) is 0 Å². The van der Waals surface area contributed by atoms with Gasteiger partial charge in [-0.15, -0.1) is 0 Å². The van der Waals surface area contributed by atoms with E-state index in [2.05, 4.69) is 23.4 Å². The lowest BCUT2D eigenvalue weighted by atomic mass is 9.96. The van der Waals surface area contributed by atoms with E-state index in [0.29, 0.717) is 22.5 Å². The molecule has 0 N–H and O–H groups in total. The minimum atomic E-state index is 0.0853. The number of likely N-dealkylation sites (tertiary alicyclic amines) is 1. The van der Waals surface area contributed by atoms with Crippen LogP contribution in [0.3, 0.4) is 0 Å². The van der Waals surface area contributed by atoms with E-state index < -0.39 is 0 Å². The molecule has 1 amide bonds. The summed E-state index contributed by atoms with van der Waals surface area (Å²) in [6.07, 6.45) is 5.98. The second kappa shape index (κ2) is 6.98. The number of nitrogens with zero attached hydrogens (tertiary/aromatic N) is 3. The molecule has 1 atom stereocenters. The first kappa shape index (κ1) is 17.0. The summed E-state index contributed by atoms with van der Waals surface area (Å²) in [7, 11) is 0. The quantitative estimate of drug-likeness (QED) is 0.824. The fourth-order valence-electron chi connectivity index (χ4n) is 3.41. The Bertz CT molecular complexity index is 738. The van der Waals surface area contributed by atoms with Gasteiger partial charge in [-0.2, -0.15) is 0 Å². The first-order valence-corrected chi connectivity index (χ1v) is 8.93. The molecule has 3 rings (SSSR count). The zero-order valence-electron chi connectivity index (χ0n) is 14.5. The monoisotopic (exact) mass is 345 g/mol. The third-order valence-electron chi connectivity index (χ3n) is 4.73. The lowest BCUT2D eigenvalue weighted by molar-refractivity contribution is 0.0703. The third-order valence-corrected chi connectivity index (χ3v) is 5.16. The van der Waals surface area contributed by atoms with Gasteiger partial charge in [-0.3, -0.25) is 4.79 Å². The highest BCUT2D eigenvalue weighted by Crippen LogP contribution is 2.28. The van der Waals surface area contributed by atoms with Crippen molar-refractivity contribution in [3.05, 3.63) is 52.6 Å². The Morgan fingerprint density at radius 3 is 2.88 bits per heavy atom. The van der Waals surface area contributed by atoms with Gasteiger partial charge in [-0.1, -0.05) is 11.6 Å². The number of carbonyl (C=O) groups excluding carboxylic acids is 1. The molecule has 0 unspecified atom stereocenters. The molecule has 0 bridgehead atoms. The molecule has 5 heteroatoms. The van der Waals surface area contributed by atoms with Crippen LogP contribution in [0.4, 0.5) is 0 Å². The van der Waals surface area contributed by atoms with E-state index in [9.17, 15) is 4.79 Å². The van der Waals surface area contributed by atoms with Crippen molar-refractivity contribution in [3.8, 4) is 0 Å². The number of aryl methyl sites for hydroxylation is 1. The van der Waals surface area contributed by atoms with E-state index in [1.807, 2.05) is 36.4 Å². The van der Waals surface area contributed by atoms with Crippen molar-refractivity contribution in [1.82, 2.24) is 14.5 Å². The lowest BCUT2D eigenvalue weighted by Gasteiger charge is -2.33. The molecule has 1 aliphatic rings. The maximum absolute atomic E-state index is 12.9. The molecule has 128 valence electrons. The van der Waals surface area contributed by atoms with Gasteiger partial charge in [0.25, 0.3) is 5.91 Å². The fraction of sp³-hybridized carbons (Fsp3) is 0.474. The van der Waals surface area contributed by atoms with Crippen LogP contribution < -0.4 is 0 Å². The van der Waals surface area contributed by atoms with Crippen LogP contribution in [-0.2, 0) is 0 Å². The van der Waals surface area contributed by atoms with Crippen LogP contribution in [0.15, 0.2) is 30.6 Å². The molecule has 0 aliphatic carbocycles. The van der Waals surface area contributed by atoms with Crippen molar-refractivity contribution < 1.29 is 4.79 Å². The van der Waals surface area contributed by atoms with Crippen LogP contribution in [0.25, 0.3) is 0 Å². The molecule has 1 aliphatic heterocycles. The molecular formula is C19H24ClN3O. The summed E-state index contributed by atoms with van der Waals surface area (Å²) in [6.45, 7) is 7.78. The number of carbonyl (C=O) groups is 1. The minimum Gasteiger partial charge on any atom is -0.338 e. The first-order chi connectivity index (χ1) is 11.5. The van der Waals surface area contributed by atoms with E-state index in [-0.39, 0.29) is 5.91 Å². The zero-order valence-corrected chi connectivity index (χ0v) is 15.3. The second-order valence-corrected chi connectivity index (χ2v) is 7.25. The number of imidazole rings is 1. The largest absolute Gasteiger partial charge is 0.338 e. The number of amides is 1. The van der Waals surface area contributed by atoms with E-state index in [4.69, 9.17) is 11.6 Å². The SMILES string of the molecule is Cc1cc(C(=O)N2CCC[C@@H](c3nccn3C(C)C)C2)ccc1Cl. The molecular weight excluding hydrogens is 322 g/mol. The Hall–Kier alpha value is -1.81. The molecule has 1 fully saturated rings. The molecule has 4 nitrogen and oxygen atoms in total. The van der Waals surface area contributed by atoms with Crippen molar-refractivity contribution in [1.29, 1.82) is 0 Å². The Morgan fingerprint density at radius 1 is 1.38 bits per heavy atom. The average Bonchev–Trinajstić information content (AvgIpc) is 3.07. The molecule has 2 heterocycles. The molecule has 1 aromatic heterocycles. The number of benzene rings is 1. The molecule has 2 aromatic rings. The maximum atomic E-state index is 12.9. The smallest absolute Gasteiger partial charge is 0.253 e. The van der Waals surface area contributed by atoms with Gasteiger partial charge in [0.15, 0.2) is 0 Å². The van der Waals surface area contributed by atoms with Gasteiger partial charge in [-0.25, -0.2) is 4.98 Å². The van der Waals surface area contributed by atoms with Gasteiger partial charge >= 0.3 is 0 Å². The van der Waals surface area contributed by atoms with Crippen LogP contribution >= 0.6 is 11.6 Å². The Kier molecular flexibility index (Phi) is 4.95. The standard InChI is InChI=1S/C19H24ClN3O/c1-13(2)23-10-8-21-18(23)16-5-4-9-22(12-16)19(24)15-6-7-17(20)14(3)11-15/h6-8,10-11,13,16H,4-5,9,12H2,1-3H3/t16-/m1/s1. The highest BCUT2D eigenvalue weighted by Gasteiger charge is 2.28. The molecule has 0 saturated carbocycles. The van der Waals surface area contributed by atoms with E-state index in [0.717, 1.165) is 37.3 Å². The van der Waals surface area contributed by atoms with Gasteiger partial charge in [-0.05, 0) is 57.4 Å². The fourth-order valence-corrected chi connectivity index (χ4v) is 3.53. The summed E-state index contributed by atoms with van der Waals surface area (Å²) in [5.41, 5.74) is 1.65. The van der Waals surface area contributed by atoms with E-state index >= 15 is 0 Å². The highest BCUT2D eigenvalue weighted by atomic mass is 35.5. The molecule has 24 heavy (non-hydrogen) atoms. The van der Waals surface area contributed by atoms with Crippen molar-refractivity contribution in [2.75, 3.05) is 13.1 Å². The lowest BCUT2D eigenvalue weighted by Crippen LogP contribution is -2.39. The van der Waals surface area contributed by atoms with Crippen molar-refractivity contribution in [3.63, 3.8) is 0 Å². The van der Waals surface area contributed by atoms with Crippen molar-refractivity contribution >= 4 is 17.5 Å². The molecule has 0 spiro atoms. The number of hydrogen-bond donors (Lipinski definition) is 0. The average molecular weight is 346 g/mol. The zero-order chi connectivity index (χ0) is 17.3. The molecule has 1 saturated heterocycles. The number of rotatable bonds is 3. The van der Waals surface area contributed by atoms with Gasteiger partial charge < -0.3 is 9.47 Å². The molecule has 1 aromatic carbocycles. The van der Waals surface area contributed by atoms with Crippen LogP contribution in [-0.4, -0.2) is 33.4 Å². The van der Waals surface area contributed by atoms with Gasteiger partial charge in [0, 0.05) is 48.0 Å². The van der Waals surface area contributed by atoms with Crippen LogP contribution in [0.5, 0.6) is 0 Å². The normalized spacial score (nSPS) is 18.2. The third kappa shape index (κ3) is 3.34. The summed E-state index contributed by atoms with van der Waals surface area (Å²) in [6, 6.07) is 5.88. The molecule has 0 radical (unpaired) electrons. The second-order valence-electron chi connectivity index (χ2n) is 6.84. The van der Waals surface area contributed by atoms with Crippen LogP contribution in [0.2, 0.25) is 5.02 Å². The van der Waals surface area contributed by atoms with Crippen LogP contribution in [0.1, 0.15) is 60.4 Å². The summed E-state index contributed by atoms with van der Waals surface area (Å²) >= 11 is 6.07. The van der Waals surface area contributed by atoms with E-state index in [1.54, 1.807) is 6.07 Å². The Morgan fingerprint density at radius 2 is 2.17 bits per heavy atom. The predicted molar refractivity (Wildman–Crippen MR) is 96.7 cm³/mol. The van der Waals surface area contributed by atoms with Crippen molar-refractivity contribution in [2.45, 2.75) is 45.6 Å². The van der Waals surface area contributed by atoms with Gasteiger partial charge in [0.2, 0.25) is 0 Å². The number of aromatic nitrogens is 2. The highest BCUT2D eigenvalue weighted by molar-refractivity contribution is 6.31. The maximum Gasteiger partial charge on any atom is 0.253 e. The van der Waals surface area contributed by atoms with E-state index in [1.165, 1.54) is 0 Å². The summed E-state index contributed by atoms with van der Waals surface area (Å²) in [5, 5.41) is 0.696. The number of hydrogen-bond acceptors (Lipinski definition) is 2.